The SMILES string of the molecule is CC(O)(CN1CCCN(CCO)CC1)c1ccccc1. The van der Waals surface area contributed by atoms with Gasteiger partial charge in [-0.3, -0.25) is 9.80 Å². The lowest BCUT2D eigenvalue weighted by molar-refractivity contribution is 0.0169. The Morgan fingerprint density at radius 1 is 1.05 bits per heavy atom. The van der Waals surface area contributed by atoms with Crippen LogP contribution in [0.2, 0.25) is 0 Å². The van der Waals surface area contributed by atoms with Crippen molar-refractivity contribution in [3.05, 3.63) is 35.9 Å². The molecule has 0 aliphatic carbocycles. The van der Waals surface area contributed by atoms with E-state index >= 15 is 0 Å². The number of hydrogen-bond donors (Lipinski definition) is 2. The molecule has 2 N–H and O–H groups in total. The van der Waals surface area contributed by atoms with Crippen molar-refractivity contribution in [3.8, 4) is 0 Å². The average molecular weight is 278 g/mol. The zero-order valence-electron chi connectivity index (χ0n) is 12.3. The number of benzene rings is 1. The second kappa shape index (κ2) is 7.18. The Labute approximate surface area is 121 Å². The number of rotatable bonds is 5. The van der Waals surface area contributed by atoms with Crippen LogP contribution in [0.5, 0.6) is 0 Å². The molecule has 1 aliphatic rings. The van der Waals surface area contributed by atoms with Crippen LogP contribution in [0.4, 0.5) is 0 Å². The molecule has 1 aromatic carbocycles. The summed E-state index contributed by atoms with van der Waals surface area (Å²) < 4.78 is 0. The first-order chi connectivity index (χ1) is 9.62. The van der Waals surface area contributed by atoms with Crippen LogP contribution in [0, 0.1) is 0 Å². The summed E-state index contributed by atoms with van der Waals surface area (Å²) in [4.78, 5) is 4.61. The van der Waals surface area contributed by atoms with Gasteiger partial charge in [-0.2, -0.15) is 0 Å². The van der Waals surface area contributed by atoms with E-state index in [4.69, 9.17) is 5.11 Å². The zero-order valence-corrected chi connectivity index (χ0v) is 12.3. The van der Waals surface area contributed by atoms with Gasteiger partial charge in [-0.05, 0) is 32.0 Å². The number of nitrogens with zero attached hydrogens (tertiary/aromatic N) is 2. The maximum absolute atomic E-state index is 10.7. The standard InChI is InChI=1S/C16H26N2O2/c1-16(20,15-6-3-2-4-7-15)14-18-9-5-8-17(10-11-18)12-13-19/h2-4,6-7,19-20H,5,8-14H2,1H3. The first-order valence-corrected chi connectivity index (χ1v) is 7.45. The van der Waals surface area contributed by atoms with E-state index in [2.05, 4.69) is 9.80 Å². The van der Waals surface area contributed by atoms with Crippen LogP contribution in [0.25, 0.3) is 0 Å². The Kier molecular flexibility index (Phi) is 5.54. The molecule has 0 bridgehead atoms. The summed E-state index contributed by atoms with van der Waals surface area (Å²) in [5, 5.41) is 19.7. The third-order valence-corrected chi connectivity index (χ3v) is 4.02. The molecule has 20 heavy (non-hydrogen) atoms. The maximum Gasteiger partial charge on any atom is 0.0994 e. The largest absolute Gasteiger partial charge is 0.395 e. The highest BCUT2D eigenvalue weighted by molar-refractivity contribution is 5.21. The van der Waals surface area contributed by atoms with Crippen LogP contribution in [0.15, 0.2) is 30.3 Å². The fourth-order valence-corrected chi connectivity index (χ4v) is 2.87. The van der Waals surface area contributed by atoms with Gasteiger partial charge in [0.1, 0.15) is 0 Å². The van der Waals surface area contributed by atoms with Crippen molar-refractivity contribution >= 4 is 0 Å². The van der Waals surface area contributed by atoms with E-state index in [0.29, 0.717) is 6.54 Å². The van der Waals surface area contributed by atoms with Crippen molar-refractivity contribution in [1.29, 1.82) is 0 Å². The smallest absolute Gasteiger partial charge is 0.0994 e. The van der Waals surface area contributed by atoms with Gasteiger partial charge in [0.15, 0.2) is 0 Å². The van der Waals surface area contributed by atoms with E-state index in [9.17, 15) is 5.11 Å². The highest BCUT2D eigenvalue weighted by Crippen LogP contribution is 2.22. The van der Waals surface area contributed by atoms with E-state index in [1.54, 1.807) is 0 Å². The Morgan fingerprint density at radius 3 is 2.40 bits per heavy atom. The van der Waals surface area contributed by atoms with E-state index in [1.165, 1.54) is 0 Å². The molecule has 1 fully saturated rings. The predicted octanol–water partition coefficient (Wildman–Crippen LogP) is 0.894. The lowest BCUT2D eigenvalue weighted by Crippen LogP contribution is -2.41. The van der Waals surface area contributed by atoms with E-state index in [1.807, 2.05) is 37.3 Å². The quantitative estimate of drug-likeness (QED) is 0.840. The summed E-state index contributed by atoms with van der Waals surface area (Å²) in [7, 11) is 0. The topological polar surface area (TPSA) is 46.9 Å². The Morgan fingerprint density at radius 2 is 1.70 bits per heavy atom. The van der Waals surface area contributed by atoms with Gasteiger partial charge in [0.25, 0.3) is 0 Å². The predicted molar refractivity (Wildman–Crippen MR) is 80.6 cm³/mol. The van der Waals surface area contributed by atoms with E-state index in [-0.39, 0.29) is 6.61 Å². The highest BCUT2D eigenvalue weighted by Gasteiger charge is 2.27. The van der Waals surface area contributed by atoms with Gasteiger partial charge < -0.3 is 10.2 Å². The van der Waals surface area contributed by atoms with Crippen molar-refractivity contribution in [2.24, 2.45) is 0 Å². The van der Waals surface area contributed by atoms with Gasteiger partial charge in [0.2, 0.25) is 0 Å². The maximum atomic E-state index is 10.7. The molecule has 0 spiro atoms. The Hall–Kier alpha value is -0.940. The molecule has 0 radical (unpaired) electrons. The third kappa shape index (κ3) is 4.28. The Balaban J connectivity index is 1.92. The molecule has 1 aromatic rings. The van der Waals surface area contributed by atoms with Crippen molar-refractivity contribution in [1.82, 2.24) is 9.80 Å². The number of aliphatic hydroxyl groups excluding tert-OH is 1. The molecule has 1 heterocycles. The molecule has 1 unspecified atom stereocenters. The summed E-state index contributed by atoms with van der Waals surface area (Å²) >= 11 is 0. The van der Waals surface area contributed by atoms with E-state index in [0.717, 1.165) is 44.7 Å². The van der Waals surface area contributed by atoms with Crippen LogP contribution >= 0.6 is 0 Å². The molecular weight excluding hydrogens is 252 g/mol. The molecule has 112 valence electrons. The summed E-state index contributed by atoms with van der Waals surface area (Å²) in [6.07, 6.45) is 1.09. The van der Waals surface area contributed by atoms with Gasteiger partial charge in [-0.1, -0.05) is 30.3 Å². The minimum Gasteiger partial charge on any atom is -0.395 e. The fourth-order valence-electron chi connectivity index (χ4n) is 2.87. The molecule has 1 saturated heterocycles. The molecule has 0 aromatic heterocycles. The van der Waals surface area contributed by atoms with Gasteiger partial charge in [-0.25, -0.2) is 0 Å². The molecule has 0 amide bonds. The second-order valence-electron chi connectivity index (χ2n) is 5.83. The molecule has 1 aliphatic heterocycles. The Bertz CT molecular complexity index is 395. The van der Waals surface area contributed by atoms with Crippen molar-refractivity contribution in [3.63, 3.8) is 0 Å². The summed E-state index contributed by atoms with van der Waals surface area (Å²) in [6.45, 7) is 7.47. The molecule has 4 heteroatoms. The molecule has 1 atom stereocenters. The van der Waals surface area contributed by atoms with Crippen LogP contribution < -0.4 is 0 Å². The molecular formula is C16H26N2O2. The number of β-amino-alcohol motifs (C(OH)–C–C–N with tert-alkyl or cyclic N) is 2. The van der Waals surface area contributed by atoms with Crippen LogP contribution in [0.3, 0.4) is 0 Å². The molecule has 0 saturated carbocycles. The van der Waals surface area contributed by atoms with Gasteiger partial charge in [0, 0.05) is 26.2 Å². The van der Waals surface area contributed by atoms with Crippen molar-refractivity contribution < 1.29 is 10.2 Å². The van der Waals surface area contributed by atoms with Gasteiger partial charge >= 0.3 is 0 Å². The minimum absolute atomic E-state index is 0.224. The summed E-state index contributed by atoms with van der Waals surface area (Å²) in [6, 6.07) is 9.87. The average Bonchev–Trinajstić information content (AvgIpc) is 2.66. The second-order valence-corrected chi connectivity index (χ2v) is 5.83. The molecule has 4 nitrogen and oxygen atoms in total. The van der Waals surface area contributed by atoms with E-state index < -0.39 is 5.60 Å². The summed E-state index contributed by atoms with van der Waals surface area (Å²) in [5.74, 6) is 0. The van der Waals surface area contributed by atoms with Crippen molar-refractivity contribution in [2.45, 2.75) is 18.9 Å². The number of hydrogen-bond acceptors (Lipinski definition) is 4. The lowest BCUT2D eigenvalue weighted by Gasteiger charge is -2.31. The highest BCUT2D eigenvalue weighted by atomic mass is 16.3. The minimum atomic E-state index is -0.812. The van der Waals surface area contributed by atoms with Gasteiger partial charge in [-0.15, -0.1) is 0 Å². The van der Waals surface area contributed by atoms with Crippen molar-refractivity contribution in [2.75, 3.05) is 45.9 Å². The normalized spacial score (nSPS) is 21.4. The summed E-state index contributed by atoms with van der Waals surface area (Å²) in [5.41, 5.74) is 0.157. The fraction of sp³-hybridized carbons (Fsp3) is 0.625. The van der Waals surface area contributed by atoms with Crippen LogP contribution in [-0.4, -0.2) is 65.9 Å². The monoisotopic (exact) mass is 278 g/mol. The lowest BCUT2D eigenvalue weighted by atomic mass is 9.95. The van der Waals surface area contributed by atoms with Crippen LogP contribution in [0.1, 0.15) is 18.9 Å². The molecule has 2 rings (SSSR count). The van der Waals surface area contributed by atoms with Crippen LogP contribution in [-0.2, 0) is 5.60 Å². The third-order valence-electron chi connectivity index (χ3n) is 4.02. The zero-order chi connectivity index (χ0) is 14.4. The van der Waals surface area contributed by atoms with Gasteiger partial charge in [0.05, 0.1) is 12.2 Å². The number of aliphatic hydroxyl groups is 2. The first kappa shape index (κ1) is 15.4. The first-order valence-electron chi connectivity index (χ1n) is 7.45.